The van der Waals surface area contributed by atoms with Gasteiger partial charge in [0.05, 0.1) is 32.7 Å². The molecule has 0 spiro atoms. The Kier molecular flexibility index (Phi) is 20.4. The third-order valence-electron chi connectivity index (χ3n) is 6.42. The second kappa shape index (κ2) is 22.9. The SMILES string of the molecule is O=C(O)CN(CCN(CC(=O)O)CC(=O)O)CCN(CC(=O)O)CC(=O)NCCCCNC(=O)CCCCC1CCSS1. The zero-order valence-electron chi connectivity index (χ0n) is 24.4. The summed E-state index contributed by atoms with van der Waals surface area (Å²) in [7, 11) is 3.86. The molecule has 1 rings (SSSR count). The third-order valence-corrected chi connectivity index (χ3v) is 9.43. The number of unbranched alkanes of at least 4 members (excludes halogenated alkanes) is 2. The minimum atomic E-state index is -1.23. The van der Waals surface area contributed by atoms with E-state index in [-0.39, 0.29) is 38.6 Å². The standard InChI is InChI=1S/C26H45N5O10S2/c32-21(6-2-1-5-20-7-14-42-43-20)27-8-3-4-9-28-22(33)15-30(17-24(36)37)12-10-29(16-23(34)35)11-13-31(18-25(38)39)19-26(40)41/h20H,1-19H2,(H,27,32)(H,28,33)(H,34,35)(H,36,37)(H,38,39)(H,40,41). The first-order valence-corrected chi connectivity index (χ1v) is 16.7. The summed E-state index contributed by atoms with van der Waals surface area (Å²) in [5.41, 5.74) is 0. The smallest absolute Gasteiger partial charge is 0.317 e. The lowest BCUT2D eigenvalue weighted by atomic mass is 10.1. The Morgan fingerprint density at radius 2 is 1.07 bits per heavy atom. The van der Waals surface area contributed by atoms with Crippen LogP contribution in [0.5, 0.6) is 0 Å². The van der Waals surface area contributed by atoms with Gasteiger partial charge in [0, 0.05) is 56.7 Å². The monoisotopic (exact) mass is 651 g/mol. The number of carboxylic acids is 4. The number of rotatable bonds is 26. The lowest BCUT2D eigenvalue weighted by Crippen LogP contribution is -2.46. The maximum atomic E-state index is 12.4. The van der Waals surface area contributed by atoms with E-state index in [0.717, 1.165) is 24.2 Å². The first kappa shape index (κ1) is 38.4. The summed E-state index contributed by atoms with van der Waals surface area (Å²) in [5, 5.41) is 42.8. The average Bonchev–Trinajstić information content (AvgIpc) is 3.42. The van der Waals surface area contributed by atoms with Crippen molar-refractivity contribution in [3.05, 3.63) is 0 Å². The molecule has 1 fully saturated rings. The zero-order chi connectivity index (χ0) is 32.0. The van der Waals surface area contributed by atoms with Gasteiger partial charge in [-0.25, -0.2) is 0 Å². The first-order chi connectivity index (χ1) is 20.4. The van der Waals surface area contributed by atoms with Crippen molar-refractivity contribution in [2.45, 2.75) is 50.2 Å². The van der Waals surface area contributed by atoms with Crippen LogP contribution in [0.2, 0.25) is 0 Å². The van der Waals surface area contributed by atoms with E-state index in [1.54, 1.807) is 0 Å². The summed E-state index contributed by atoms with van der Waals surface area (Å²) in [6.45, 7) is -1.26. The number of hydrogen-bond donors (Lipinski definition) is 6. The predicted molar refractivity (Wildman–Crippen MR) is 162 cm³/mol. The highest BCUT2D eigenvalue weighted by atomic mass is 33.1. The van der Waals surface area contributed by atoms with Gasteiger partial charge in [-0.3, -0.25) is 43.5 Å². The van der Waals surface area contributed by atoms with Crippen LogP contribution in [0.25, 0.3) is 0 Å². The molecule has 1 aliphatic rings. The largest absolute Gasteiger partial charge is 0.480 e. The molecule has 6 N–H and O–H groups in total. The van der Waals surface area contributed by atoms with E-state index in [0.29, 0.717) is 37.6 Å². The number of hydrogen-bond acceptors (Lipinski definition) is 11. The Morgan fingerprint density at radius 3 is 1.56 bits per heavy atom. The Hall–Kier alpha value is -2.60. The van der Waals surface area contributed by atoms with E-state index in [1.807, 2.05) is 21.6 Å². The number of carboxylic acid groups (broad SMARTS) is 4. The second-order valence-electron chi connectivity index (χ2n) is 10.3. The molecule has 0 aromatic carbocycles. The number of carbonyl (C=O) groups is 6. The number of nitrogens with one attached hydrogen (secondary N) is 2. The minimum Gasteiger partial charge on any atom is -0.480 e. The summed E-state index contributed by atoms with van der Waals surface area (Å²) in [4.78, 5) is 73.0. The molecule has 0 bridgehead atoms. The van der Waals surface area contributed by atoms with Gasteiger partial charge in [0.15, 0.2) is 0 Å². The number of aliphatic carboxylic acids is 4. The molecule has 1 atom stereocenters. The van der Waals surface area contributed by atoms with Crippen molar-refractivity contribution in [3.63, 3.8) is 0 Å². The lowest BCUT2D eigenvalue weighted by molar-refractivity contribution is -0.143. The summed E-state index contributed by atoms with van der Waals surface area (Å²) >= 11 is 0. The quantitative estimate of drug-likeness (QED) is 0.0534. The normalized spacial score (nSPS) is 14.7. The lowest BCUT2D eigenvalue weighted by Gasteiger charge is -2.27. The van der Waals surface area contributed by atoms with Crippen LogP contribution in [0.4, 0.5) is 0 Å². The van der Waals surface area contributed by atoms with E-state index in [1.165, 1.54) is 22.0 Å². The maximum Gasteiger partial charge on any atom is 0.317 e. The van der Waals surface area contributed by atoms with Crippen molar-refractivity contribution in [2.75, 3.05) is 77.7 Å². The number of carbonyl (C=O) groups excluding carboxylic acids is 2. The molecule has 0 aliphatic carbocycles. The van der Waals surface area contributed by atoms with Crippen molar-refractivity contribution >= 4 is 57.3 Å². The van der Waals surface area contributed by atoms with Crippen LogP contribution in [0.3, 0.4) is 0 Å². The zero-order valence-corrected chi connectivity index (χ0v) is 26.0. The highest BCUT2D eigenvalue weighted by Gasteiger charge is 2.20. The molecule has 17 heteroatoms. The highest BCUT2D eigenvalue weighted by Crippen LogP contribution is 2.39. The van der Waals surface area contributed by atoms with E-state index in [4.69, 9.17) is 10.2 Å². The Morgan fingerprint density at radius 1 is 0.605 bits per heavy atom. The molecule has 246 valence electrons. The summed E-state index contributed by atoms with van der Waals surface area (Å²) in [6, 6.07) is 0. The van der Waals surface area contributed by atoms with Gasteiger partial charge in [-0.15, -0.1) is 0 Å². The van der Waals surface area contributed by atoms with Crippen molar-refractivity contribution in [1.82, 2.24) is 25.3 Å². The molecule has 0 aromatic heterocycles. The van der Waals surface area contributed by atoms with Crippen molar-refractivity contribution < 1.29 is 49.2 Å². The predicted octanol–water partition coefficient (Wildman–Crippen LogP) is -0.0425. The summed E-state index contributed by atoms with van der Waals surface area (Å²) < 4.78 is 0. The first-order valence-electron chi connectivity index (χ1n) is 14.3. The van der Waals surface area contributed by atoms with E-state index in [9.17, 15) is 39.0 Å². The van der Waals surface area contributed by atoms with Crippen LogP contribution in [0.1, 0.15) is 44.9 Å². The molecule has 2 amide bonds. The van der Waals surface area contributed by atoms with Gasteiger partial charge in [0.2, 0.25) is 11.8 Å². The Bertz CT molecular complexity index is 892. The van der Waals surface area contributed by atoms with Gasteiger partial charge in [0.1, 0.15) is 0 Å². The van der Waals surface area contributed by atoms with E-state index >= 15 is 0 Å². The molecule has 43 heavy (non-hydrogen) atoms. The van der Waals surface area contributed by atoms with Gasteiger partial charge in [-0.05, 0) is 32.1 Å². The van der Waals surface area contributed by atoms with Crippen LogP contribution >= 0.6 is 21.6 Å². The molecular weight excluding hydrogens is 606 g/mol. The average molecular weight is 652 g/mol. The van der Waals surface area contributed by atoms with Crippen LogP contribution < -0.4 is 10.6 Å². The van der Waals surface area contributed by atoms with Gasteiger partial charge in [-0.1, -0.05) is 28.0 Å². The van der Waals surface area contributed by atoms with Gasteiger partial charge in [-0.2, -0.15) is 0 Å². The minimum absolute atomic E-state index is 0.0232. The van der Waals surface area contributed by atoms with Crippen LogP contribution in [-0.2, 0) is 28.8 Å². The molecule has 1 aliphatic heterocycles. The highest BCUT2D eigenvalue weighted by molar-refractivity contribution is 8.77. The summed E-state index contributed by atoms with van der Waals surface area (Å²) in [6.07, 6.45) is 6.12. The molecule has 1 saturated heterocycles. The Labute approximate surface area is 259 Å². The maximum absolute atomic E-state index is 12.4. The van der Waals surface area contributed by atoms with E-state index in [2.05, 4.69) is 10.6 Å². The van der Waals surface area contributed by atoms with Crippen LogP contribution in [0, 0.1) is 0 Å². The van der Waals surface area contributed by atoms with Gasteiger partial charge < -0.3 is 31.1 Å². The molecule has 0 radical (unpaired) electrons. The molecule has 1 unspecified atom stereocenters. The van der Waals surface area contributed by atoms with Crippen molar-refractivity contribution in [3.8, 4) is 0 Å². The van der Waals surface area contributed by atoms with Crippen LogP contribution in [0.15, 0.2) is 0 Å². The fourth-order valence-electron chi connectivity index (χ4n) is 4.30. The second-order valence-corrected chi connectivity index (χ2v) is 13.0. The molecular formula is C26H45N5O10S2. The van der Waals surface area contributed by atoms with Gasteiger partial charge >= 0.3 is 23.9 Å². The Balaban J connectivity index is 2.36. The molecule has 0 saturated carbocycles. The van der Waals surface area contributed by atoms with Gasteiger partial charge in [0.25, 0.3) is 0 Å². The van der Waals surface area contributed by atoms with Crippen molar-refractivity contribution in [2.24, 2.45) is 0 Å². The number of amides is 2. The fraction of sp³-hybridized carbons (Fsp3) is 0.769. The number of nitrogens with zero attached hydrogens (tertiary/aromatic N) is 3. The van der Waals surface area contributed by atoms with E-state index < -0.39 is 56.0 Å². The third kappa shape index (κ3) is 21.7. The van der Waals surface area contributed by atoms with Crippen LogP contribution in [-0.4, -0.2) is 154 Å². The molecule has 1 heterocycles. The topological polar surface area (TPSA) is 217 Å². The molecule has 0 aromatic rings. The summed E-state index contributed by atoms with van der Waals surface area (Å²) in [5.74, 6) is -3.96. The fourth-order valence-corrected chi connectivity index (χ4v) is 7.33. The van der Waals surface area contributed by atoms with Crippen molar-refractivity contribution in [1.29, 1.82) is 0 Å². The molecule has 15 nitrogen and oxygen atoms in total.